The van der Waals surface area contributed by atoms with E-state index in [2.05, 4.69) is 4.74 Å². The molecule has 0 aliphatic rings. The summed E-state index contributed by atoms with van der Waals surface area (Å²) in [7, 11) is 0. The molecule has 0 N–H and O–H groups in total. The zero-order chi connectivity index (χ0) is 13.1. The first-order valence-corrected chi connectivity index (χ1v) is 4.62. The smallest absolute Gasteiger partial charge is 0.426 e. The first-order valence-electron chi connectivity index (χ1n) is 4.62. The summed E-state index contributed by atoms with van der Waals surface area (Å²) in [6.07, 6.45) is -7.53. The highest BCUT2D eigenvalue weighted by Crippen LogP contribution is 2.37. The molecule has 0 saturated carbocycles. The predicted molar refractivity (Wildman–Crippen MR) is 52.8 cm³/mol. The van der Waals surface area contributed by atoms with E-state index in [9.17, 15) is 22.0 Å². The Morgan fingerprint density at radius 1 is 1.00 bits per heavy atom. The molecule has 0 aromatic heterocycles. The van der Waals surface area contributed by atoms with E-state index < -0.39 is 18.0 Å². The largest absolute Gasteiger partial charge is 0.499 e. The third-order valence-electron chi connectivity index (χ3n) is 1.82. The van der Waals surface area contributed by atoms with Crippen molar-refractivity contribution in [2.75, 3.05) is 0 Å². The van der Waals surface area contributed by atoms with E-state index in [1.807, 2.05) is 0 Å². The molecule has 1 aromatic rings. The fourth-order valence-corrected chi connectivity index (χ4v) is 1.05. The molecule has 1 nitrogen and oxygen atoms in total. The molecule has 0 unspecified atom stereocenters. The number of halogens is 5. The van der Waals surface area contributed by atoms with E-state index in [0.29, 0.717) is 5.56 Å². The van der Waals surface area contributed by atoms with Crippen LogP contribution in [0.2, 0.25) is 0 Å². The van der Waals surface area contributed by atoms with Gasteiger partial charge in [-0.25, -0.2) is 0 Å². The van der Waals surface area contributed by atoms with Crippen molar-refractivity contribution in [2.24, 2.45) is 0 Å². The highest BCUT2D eigenvalue weighted by molar-refractivity contribution is 5.50. The van der Waals surface area contributed by atoms with Gasteiger partial charge in [0.1, 0.15) is 5.75 Å². The van der Waals surface area contributed by atoms with Gasteiger partial charge in [0, 0.05) is 0 Å². The zero-order valence-corrected chi connectivity index (χ0v) is 8.76. The lowest BCUT2D eigenvalue weighted by atomic mass is 10.2. The summed E-state index contributed by atoms with van der Waals surface area (Å²) in [5.74, 6) is -0.541. The van der Waals surface area contributed by atoms with Gasteiger partial charge in [-0.05, 0) is 24.6 Å². The predicted octanol–water partition coefficient (Wildman–Crippen LogP) is 4.25. The molecule has 0 bridgehead atoms. The number of benzene rings is 1. The second kappa shape index (κ2) is 4.73. The quantitative estimate of drug-likeness (QED) is 0.730. The maximum Gasteiger partial charge on any atom is 0.499 e. The van der Waals surface area contributed by atoms with Crippen molar-refractivity contribution in [3.63, 3.8) is 0 Å². The normalized spacial score (nSPS) is 13.1. The Morgan fingerprint density at radius 3 is 1.94 bits per heavy atom. The first kappa shape index (κ1) is 13.5. The molecule has 0 aliphatic carbocycles. The van der Waals surface area contributed by atoms with E-state index in [1.165, 1.54) is 12.1 Å². The van der Waals surface area contributed by atoms with Gasteiger partial charge in [-0.2, -0.15) is 22.0 Å². The van der Waals surface area contributed by atoms with Crippen LogP contribution in [0.4, 0.5) is 22.0 Å². The standard InChI is InChI=1S/C11H9F5O/c1-2-3-8-4-6-9(7-5-8)17-11(15,16)10(12,13)14/h2-7H,1H3/b3-2+. The molecule has 0 radical (unpaired) electrons. The molecule has 94 valence electrons. The van der Waals surface area contributed by atoms with Gasteiger partial charge in [-0.1, -0.05) is 24.3 Å². The first-order chi connectivity index (χ1) is 7.76. The van der Waals surface area contributed by atoms with Crippen molar-refractivity contribution in [2.45, 2.75) is 19.2 Å². The van der Waals surface area contributed by atoms with Crippen molar-refractivity contribution in [1.82, 2.24) is 0 Å². The molecule has 1 aromatic carbocycles. The van der Waals surface area contributed by atoms with Crippen LogP contribution in [0.5, 0.6) is 5.75 Å². The van der Waals surface area contributed by atoms with Crippen molar-refractivity contribution >= 4 is 6.08 Å². The summed E-state index contributed by atoms with van der Waals surface area (Å²) >= 11 is 0. The number of alkyl halides is 5. The minimum absolute atomic E-state index is 0.541. The van der Waals surface area contributed by atoms with Gasteiger partial charge in [0.25, 0.3) is 0 Å². The fraction of sp³-hybridized carbons (Fsp3) is 0.273. The SMILES string of the molecule is C/C=C/c1ccc(OC(F)(F)C(F)(F)F)cc1. The van der Waals surface area contributed by atoms with Crippen molar-refractivity contribution in [3.05, 3.63) is 35.9 Å². The summed E-state index contributed by atoms with van der Waals surface area (Å²) < 4.78 is 64.1. The number of rotatable bonds is 3. The molecule has 0 heterocycles. The fourth-order valence-electron chi connectivity index (χ4n) is 1.05. The van der Waals surface area contributed by atoms with Crippen LogP contribution in [-0.2, 0) is 0 Å². The van der Waals surface area contributed by atoms with E-state index >= 15 is 0 Å². The van der Waals surface area contributed by atoms with Crippen LogP contribution in [0.3, 0.4) is 0 Å². The zero-order valence-electron chi connectivity index (χ0n) is 8.76. The molecule has 17 heavy (non-hydrogen) atoms. The van der Waals surface area contributed by atoms with E-state index in [0.717, 1.165) is 12.1 Å². The van der Waals surface area contributed by atoms with E-state index in [-0.39, 0.29) is 0 Å². The number of allylic oxidation sites excluding steroid dienone is 1. The molecule has 0 atom stereocenters. The van der Waals surface area contributed by atoms with Gasteiger partial charge >= 0.3 is 12.3 Å². The minimum atomic E-state index is -5.73. The average molecular weight is 252 g/mol. The monoisotopic (exact) mass is 252 g/mol. The number of hydrogen-bond acceptors (Lipinski definition) is 1. The Kier molecular flexibility index (Phi) is 3.75. The molecule has 6 heteroatoms. The second-order valence-electron chi connectivity index (χ2n) is 3.19. The van der Waals surface area contributed by atoms with E-state index in [1.54, 1.807) is 19.1 Å². The summed E-state index contributed by atoms with van der Waals surface area (Å²) in [6, 6.07) is 4.85. The molecular formula is C11H9F5O. The summed E-state index contributed by atoms with van der Waals surface area (Å²) in [6.45, 7) is 1.75. The Bertz CT molecular complexity index is 391. The Morgan fingerprint density at radius 2 is 1.53 bits per heavy atom. The lowest BCUT2D eigenvalue weighted by molar-refractivity contribution is -0.360. The Balaban J connectivity index is 2.83. The molecule has 1 rings (SSSR count). The number of hydrogen-bond donors (Lipinski definition) is 0. The van der Waals surface area contributed by atoms with Gasteiger partial charge in [-0.15, -0.1) is 0 Å². The molecule has 0 spiro atoms. The third kappa shape index (κ3) is 3.44. The topological polar surface area (TPSA) is 9.23 Å². The lowest BCUT2D eigenvalue weighted by Crippen LogP contribution is -2.41. The van der Waals surface area contributed by atoms with Crippen LogP contribution in [0.1, 0.15) is 12.5 Å². The van der Waals surface area contributed by atoms with Crippen molar-refractivity contribution in [3.8, 4) is 5.75 Å². The van der Waals surface area contributed by atoms with Gasteiger partial charge in [0.2, 0.25) is 0 Å². The summed E-state index contributed by atoms with van der Waals surface area (Å²) in [5, 5.41) is 0. The second-order valence-corrected chi connectivity index (χ2v) is 3.19. The van der Waals surface area contributed by atoms with Crippen molar-refractivity contribution in [1.29, 1.82) is 0 Å². The summed E-state index contributed by atoms with van der Waals surface area (Å²) in [4.78, 5) is 0. The van der Waals surface area contributed by atoms with Crippen LogP contribution in [-0.4, -0.2) is 12.3 Å². The van der Waals surface area contributed by atoms with Gasteiger partial charge < -0.3 is 4.74 Å². The highest BCUT2D eigenvalue weighted by Gasteiger charge is 2.61. The third-order valence-corrected chi connectivity index (χ3v) is 1.82. The minimum Gasteiger partial charge on any atom is -0.426 e. The molecule has 0 amide bonds. The van der Waals surface area contributed by atoms with Crippen LogP contribution >= 0.6 is 0 Å². The van der Waals surface area contributed by atoms with Crippen LogP contribution in [0.15, 0.2) is 30.3 Å². The Hall–Kier alpha value is -1.59. The van der Waals surface area contributed by atoms with E-state index in [4.69, 9.17) is 0 Å². The molecular weight excluding hydrogens is 243 g/mol. The average Bonchev–Trinajstić information content (AvgIpc) is 2.19. The molecule has 0 aliphatic heterocycles. The van der Waals surface area contributed by atoms with Crippen molar-refractivity contribution < 1.29 is 26.7 Å². The Labute approximate surface area is 94.5 Å². The maximum absolute atomic E-state index is 12.5. The molecule has 0 fully saturated rings. The van der Waals surface area contributed by atoms with Crippen LogP contribution in [0.25, 0.3) is 6.08 Å². The van der Waals surface area contributed by atoms with Crippen LogP contribution in [0, 0.1) is 0 Å². The maximum atomic E-state index is 12.5. The van der Waals surface area contributed by atoms with Gasteiger partial charge in [-0.3, -0.25) is 0 Å². The van der Waals surface area contributed by atoms with Gasteiger partial charge in [0.15, 0.2) is 0 Å². The lowest BCUT2D eigenvalue weighted by Gasteiger charge is -2.20. The number of ether oxygens (including phenoxy) is 1. The highest BCUT2D eigenvalue weighted by atomic mass is 19.4. The van der Waals surface area contributed by atoms with Crippen LogP contribution < -0.4 is 4.74 Å². The molecule has 0 saturated heterocycles. The van der Waals surface area contributed by atoms with Gasteiger partial charge in [0.05, 0.1) is 0 Å². The summed E-state index contributed by atoms with van der Waals surface area (Å²) in [5.41, 5.74) is 0.676.